The van der Waals surface area contributed by atoms with Gasteiger partial charge in [-0.25, -0.2) is 0 Å². The van der Waals surface area contributed by atoms with E-state index in [1.54, 1.807) is 0 Å². The number of anilines is 1. The zero-order valence-electron chi connectivity index (χ0n) is 11.4. The van der Waals surface area contributed by atoms with E-state index >= 15 is 0 Å². The van der Waals surface area contributed by atoms with Gasteiger partial charge in [-0.05, 0) is 49.9 Å². The third-order valence-electron chi connectivity index (χ3n) is 3.45. The van der Waals surface area contributed by atoms with E-state index < -0.39 is 0 Å². The molecular weight excluding hydrogens is 224 g/mol. The summed E-state index contributed by atoms with van der Waals surface area (Å²) in [5.74, 6) is 0.629. The number of carbonyl (C=O) groups is 1. The van der Waals surface area contributed by atoms with Gasteiger partial charge >= 0.3 is 0 Å². The molecule has 3 nitrogen and oxygen atoms in total. The van der Waals surface area contributed by atoms with Gasteiger partial charge in [0.2, 0.25) is 0 Å². The van der Waals surface area contributed by atoms with Crippen molar-refractivity contribution < 1.29 is 4.79 Å². The number of hydrogen-bond acceptors (Lipinski definition) is 2. The minimum atomic E-state index is 0.0426. The van der Waals surface area contributed by atoms with Crippen LogP contribution in [0.5, 0.6) is 0 Å². The third kappa shape index (κ3) is 3.49. The summed E-state index contributed by atoms with van der Waals surface area (Å²) >= 11 is 0. The Morgan fingerprint density at radius 2 is 1.78 bits per heavy atom. The van der Waals surface area contributed by atoms with Crippen molar-refractivity contribution in [3.8, 4) is 0 Å². The Bertz CT molecular complexity index is 407. The van der Waals surface area contributed by atoms with Gasteiger partial charge in [0, 0.05) is 23.3 Å². The van der Waals surface area contributed by atoms with Gasteiger partial charge < -0.3 is 10.6 Å². The standard InChI is InChI=1S/C15H22N2O/c1-10(2)11(3)16-13-6-4-12(5-7-13)15(18)17-14-8-9-14/h4-7,10-11,14,16H,8-9H2,1-3H3,(H,17,18). The minimum absolute atomic E-state index is 0.0426. The Hall–Kier alpha value is -1.51. The smallest absolute Gasteiger partial charge is 0.251 e. The van der Waals surface area contributed by atoms with Crippen LogP contribution in [-0.4, -0.2) is 18.0 Å². The van der Waals surface area contributed by atoms with Crippen molar-refractivity contribution in [3.05, 3.63) is 29.8 Å². The lowest BCUT2D eigenvalue weighted by Crippen LogP contribution is -2.25. The van der Waals surface area contributed by atoms with Crippen LogP contribution in [-0.2, 0) is 0 Å². The molecule has 0 aliphatic heterocycles. The number of hydrogen-bond donors (Lipinski definition) is 2. The highest BCUT2D eigenvalue weighted by Gasteiger charge is 2.23. The van der Waals surface area contributed by atoms with Gasteiger partial charge in [0.05, 0.1) is 0 Å². The summed E-state index contributed by atoms with van der Waals surface area (Å²) in [5.41, 5.74) is 1.81. The van der Waals surface area contributed by atoms with E-state index in [9.17, 15) is 4.79 Å². The third-order valence-corrected chi connectivity index (χ3v) is 3.45. The molecule has 1 saturated carbocycles. The van der Waals surface area contributed by atoms with Gasteiger partial charge in [-0.2, -0.15) is 0 Å². The van der Waals surface area contributed by atoms with Crippen molar-refractivity contribution in [2.24, 2.45) is 5.92 Å². The van der Waals surface area contributed by atoms with Crippen LogP contribution in [0.15, 0.2) is 24.3 Å². The molecule has 1 aromatic carbocycles. The van der Waals surface area contributed by atoms with Gasteiger partial charge in [0.25, 0.3) is 5.91 Å². The molecule has 3 heteroatoms. The fraction of sp³-hybridized carbons (Fsp3) is 0.533. The van der Waals surface area contributed by atoms with E-state index in [2.05, 4.69) is 31.4 Å². The molecule has 1 fully saturated rings. The molecule has 1 atom stereocenters. The van der Waals surface area contributed by atoms with Gasteiger partial charge in [-0.3, -0.25) is 4.79 Å². The molecule has 2 rings (SSSR count). The van der Waals surface area contributed by atoms with Gasteiger partial charge in [-0.15, -0.1) is 0 Å². The zero-order valence-corrected chi connectivity index (χ0v) is 11.4. The molecule has 98 valence electrons. The SMILES string of the molecule is CC(C)C(C)Nc1ccc(C(=O)NC2CC2)cc1. The zero-order chi connectivity index (χ0) is 13.1. The van der Waals surface area contributed by atoms with Crippen molar-refractivity contribution in [1.82, 2.24) is 5.32 Å². The molecule has 1 amide bonds. The van der Waals surface area contributed by atoms with Crippen molar-refractivity contribution in [1.29, 1.82) is 0 Å². The molecule has 0 radical (unpaired) electrons. The number of carbonyl (C=O) groups excluding carboxylic acids is 1. The maximum atomic E-state index is 11.8. The highest BCUT2D eigenvalue weighted by Crippen LogP contribution is 2.20. The largest absolute Gasteiger partial charge is 0.382 e. The fourth-order valence-corrected chi connectivity index (χ4v) is 1.64. The quantitative estimate of drug-likeness (QED) is 0.838. The Labute approximate surface area is 109 Å². The molecular formula is C15H22N2O. The predicted octanol–water partition coefficient (Wildman–Crippen LogP) is 3.04. The van der Waals surface area contributed by atoms with E-state index in [4.69, 9.17) is 0 Å². The Morgan fingerprint density at radius 1 is 1.17 bits per heavy atom. The number of nitrogens with one attached hydrogen (secondary N) is 2. The molecule has 1 unspecified atom stereocenters. The first kappa shape index (κ1) is 12.9. The van der Waals surface area contributed by atoms with Crippen LogP contribution in [0.1, 0.15) is 44.0 Å². The maximum absolute atomic E-state index is 11.8. The van der Waals surface area contributed by atoms with E-state index in [0.717, 1.165) is 24.1 Å². The molecule has 0 saturated heterocycles. The fourth-order valence-electron chi connectivity index (χ4n) is 1.64. The summed E-state index contributed by atoms with van der Waals surface area (Å²) in [6.45, 7) is 6.54. The van der Waals surface area contributed by atoms with Crippen LogP contribution in [0, 0.1) is 5.92 Å². The summed E-state index contributed by atoms with van der Waals surface area (Å²) in [5, 5.41) is 6.42. The average Bonchev–Trinajstić information content (AvgIpc) is 3.13. The van der Waals surface area contributed by atoms with Crippen LogP contribution < -0.4 is 10.6 Å². The molecule has 0 bridgehead atoms. The highest BCUT2D eigenvalue weighted by molar-refractivity contribution is 5.94. The van der Waals surface area contributed by atoms with E-state index in [-0.39, 0.29) is 5.91 Å². The molecule has 1 aliphatic carbocycles. The van der Waals surface area contributed by atoms with E-state index in [1.165, 1.54) is 0 Å². The normalized spacial score (nSPS) is 16.4. The number of amides is 1. The summed E-state index contributed by atoms with van der Waals surface area (Å²) in [6, 6.07) is 8.55. The van der Waals surface area contributed by atoms with Crippen molar-refractivity contribution in [2.75, 3.05) is 5.32 Å². The predicted molar refractivity (Wildman–Crippen MR) is 74.9 cm³/mol. The van der Waals surface area contributed by atoms with Gasteiger partial charge in [0.1, 0.15) is 0 Å². The van der Waals surface area contributed by atoms with Crippen LogP contribution in [0.2, 0.25) is 0 Å². The highest BCUT2D eigenvalue weighted by atomic mass is 16.1. The first-order chi connectivity index (χ1) is 8.56. The Kier molecular flexibility index (Phi) is 3.90. The van der Waals surface area contributed by atoms with Gasteiger partial charge in [-0.1, -0.05) is 13.8 Å². The lowest BCUT2D eigenvalue weighted by Gasteiger charge is -2.18. The van der Waals surface area contributed by atoms with Crippen LogP contribution >= 0.6 is 0 Å². The van der Waals surface area contributed by atoms with E-state index in [0.29, 0.717) is 18.0 Å². The van der Waals surface area contributed by atoms with Crippen molar-refractivity contribution >= 4 is 11.6 Å². The molecule has 1 aliphatic rings. The maximum Gasteiger partial charge on any atom is 0.251 e. The number of rotatable bonds is 5. The van der Waals surface area contributed by atoms with Crippen LogP contribution in [0.25, 0.3) is 0 Å². The molecule has 1 aromatic rings. The van der Waals surface area contributed by atoms with Crippen LogP contribution in [0.4, 0.5) is 5.69 Å². The van der Waals surface area contributed by atoms with Crippen molar-refractivity contribution in [3.63, 3.8) is 0 Å². The molecule has 2 N–H and O–H groups in total. The summed E-state index contributed by atoms with van der Waals surface area (Å²) < 4.78 is 0. The second-order valence-electron chi connectivity index (χ2n) is 5.50. The lowest BCUT2D eigenvalue weighted by molar-refractivity contribution is 0.0951. The molecule has 0 spiro atoms. The first-order valence-corrected chi connectivity index (χ1v) is 6.73. The summed E-state index contributed by atoms with van der Waals surface area (Å²) in [7, 11) is 0. The first-order valence-electron chi connectivity index (χ1n) is 6.73. The number of benzene rings is 1. The average molecular weight is 246 g/mol. The second kappa shape index (κ2) is 5.42. The van der Waals surface area contributed by atoms with Gasteiger partial charge in [0.15, 0.2) is 0 Å². The molecule has 18 heavy (non-hydrogen) atoms. The lowest BCUT2D eigenvalue weighted by atomic mass is 10.1. The molecule has 0 heterocycles. The summed E-state index contributed by atoms with van der Waals surface area (Å²) in [6.07, 6.45) is 2.24. The Morgan fingerprint density at radius 3 is 2.28 bits per heavy atom. The van der Waals surface area contributed by atoms with E-state index in [1.807, 2.05) is 24.3 Å². The summed E-state index contributed by atoms with van der Waals surface area (Å²) in [4.78, 5) is 11.8. The van der Waals surface area contributed by atoms with Crippen LogP contribution in [0.3, 0.4) is 0 Å². The Balaban J connectivity index is 1.93. The topological polar surface area (TPSA) is 41.1 Å². The molecule has 0 aromatic heterocycles. The monoisotopic (exact) mass is 246 g/mol. The minimum Gasteiger partial charge on any atom is -0.382 e. The van der Waals surface area contributed by atoms with Crippen molar-refractivity contribution in [2.45, 2.75) is 45.7 Å². The second-order valence-corrected chi connectivity index (χ2v) is 5.50.